The van der Waals surface area contributed by atoms with Crippen LogP contribution in [0.4, 0.5) is 10.5 Å². The molecule has 3 aliphatic rings. The van der Waals surface area contributed by atoms with Crippen LogP contribution in [0.2, 0.25) is 0 Å². The minimum atomic E-state index is -0.239. The average molecular weight is 324 g/mol. The smallest absolute Gasteiger partial charge is 0.307 e. The lowest BCUT2D eigenvalue weighted by Crippen LogP contribution is -2.41. The van der Waals surface area contributed by atoms with E-state index in [4.69, 9.17) is 4.99 Å². The van der Waals surface area contributed by atoms with Crippen LogP contribution >= 0.6 is 0 Å². The highest BCUT2D eigenvalue weighted by molar-refractivity contribution is 6.04. The second-order valence-corrected chi connectivity index (χ2v) is 6.85. The summed E-state index contributed by atoms with van der Waals surface area (Å²) in [7, 11) is 0. The Morgan fingerprint density at radius 3 is 2.75 bits per heavy atom. The number of anilines is 1. The monoisotopic (exact) mass is 324 g/mol. The van der Waals surface area contributed by atoms with E-state index >= 15 is 0 Å². The summed E-state index contributed by atoms with van der Waals surface area (Å²) in [6.07, 6.45) is 8.22. The number of urea groups is 1. The average Bonchev–Trinajstić information content (AvgIpc) is 3.00. The Bertz CT molecular complexity index is 680. The molecule has 2 aliphatic carbocycles. The number of carbonyl (C=O) groups excluding carboxylic acids is 1. The fraction of sp³-hybridized carbons (Fsp3) is 0.474. The van der Waals surface area contributed by atoms with Crippen molar-refractivity contribution in [2.75, 3.05) is 5.32 Å². The van der Waals surface area contributed by atoms with Crippen molar-refractivity contribution >= 4 is 17.4 Å². The van der Waals surface area contributed by atoms with Crippen molar-refractivity contribution in [3.05, 3.63) is 41.6 Å². The molecule has 4 rings (SSSR count). The van der Waals surface area contributed by atoms with Gasteiger partial charge in [0.05, 0.1) is 6.04 Å². The summed E-state index contributed by atoms with van der Waals surface area (Å²) in [5.41, 5.74) is 10.6. The number of hydrazine groups is 1. The Kier molecular flexibility index (Phi) is 4.24. The maximum atomic E-state index is 12.1. The van der Waals surface area contributed by atoms with Gasteiger partial charge in [-0.25, -0.2) is 4.79 Å². The van der Waals surface area contributed by atoms with Crippen molar-refractivity contribution in [3.8, 4) is 0 Å². The van der Waals surface area contributed by atoms with Crippen molar-refractivity contribution in [3.63, 3.8) is 0 Å². The van der Waals surface area contributed by atoms with Crippen LogP contribution in [-0.2, 0) is 0 Å². The highest BCUT2D eigenvalue weighted by atomic mass is 16.2. The van der Waals surface area contributed by atoms with E-state index in [9.17, 15) is 4.79 Å². The number of carbonyl (C=O) groups is 1. The summed E-state index contributed by atoms with van der Waals surface area (Å²) < 4.78 is 0. The van der Waals surface area contributed by atoms with E-state index in [0.717, 1.165) is 30.6 Å². The van der Waals surface area contributed by atoms with Gasteiger partial charge in [0.2, 0.25) is 0 Å². The lowest BCUT2D eigenvalue weighted by molar-refractivity contribution is 0.249. The molecule has 0 aromatic heterocycles. The van der Waals surface area contributed by atoms with Crippen LogP contribution < -0.4 is 16.2 Å². The molecule has 24 heavy (non-hydrogen) atoms. The molecule has 126 valence electrons. The number of allylic oxidation sites excluding steroid dienone is 1. The molecule has 1 heterocycles. The summed E-state index contributed by atoms with van der Waals surface area (Å²) in [6.45, 7) is 0. The van der Waals surface area contributed by atoms with E-state index in [-0.39, 0.29) is 6.03 Å². The van der Waals surface area contributed by atoms with Gasteiger partial charge in [-0.3, -0.25) is 10.4 Å². The fourth-order valence-electron chi connectivity index (χ4n) is 4.20. The molecule has 3 N–H and O–H groups in total. The number of para-hydroxylation sites is 1. The number of hydrogen-bond acceptors (Lipinski definition) is 3. The van der Waals surface area contributed by atoms with Crippen LogP contribution in [0.5, 0.6) is 0 Å². The van der Waals surface area contributed by atoms with E-state index in [0.29, 0.717) is 12.0 Å². The molecule has 0 spiro atoms. The van der Waals surface area contributed by atoms with Crippen LogP contribution in [-0.4, -0.2) is 17.8 Å². The van der Waals surface area contributed by atoms with Gasteiger partial charge in [-0.15, -0.1) is 0 Å². The number of hydrogen-bond donors (Lipinski definition) is 3. The number of fused-ring (bicyclic) bond motifs is 3. The Balaban J connectivity index is 1.43. The van der Waals surface area contributed by atoms with Crippen molar-refractivity contribution in [1.29, 1.82) is 0 Å². The number of amides is 2. The quantitative estimate of drug-likeness (QED) is 0.741. The van der Waals surface area contributed by atoms with Gasteiger partial charge < -0.3 is 10.7 Å². The Morgan fingerprint density at radius 1 is 1.04 bits per heavy atom. The van der Waals surface area contributed by atoms with E-state index in [1.807, 2.05) is 30.3 Å². The first-order valence-corrected chi connectivity index (χ1v) is 8.99. The summed E-state index contributed by atoms with van der Waals surface area (Å²) in [6, 6.07) is 9.72. The third-order valence-corrected chi connectivity index (χ3v) is 5.26. The molecule has 1 aromatic rings. The molecule has 2 atom stereocenters. The lowest BCUT2D eigenvalue weighted by atomic mass is 9.78. The van der Waals surface area contributed by atoms with Gasteiger partial charge in [-0.1, -0.05) is 31.0 Å². The van der Waals surface area contributed by atoms with Gasteiger partial charge in [0, 0.05) is 23.0 Å². The van der Waals surface area contributed by atoms with Gasteiger partial charge in [0.25, 0.3) is 0 Å². The summed E-state index contributed by atoms with van der Waals surface area (Å²) >= 11 is 0. The second-order valence-electron chi connectivity index (χ2n) is 6.85. The molecule has 5 heteroatoms. The molecular formula is C19H24N4O. The van der Waals surface area contributed by atoms with Crippen molar-refractivity contribution in [2.24, 2.45) is 10.9 Å². The normalized spacial score (nSPS) is 25.4. The number of nitrogens with zero attached hydrogens (tertiary/aromatic N) is 1. The maximum Gasteiger partial charge on any atom is 0.337 e. The van der Waals surface area contributed by atoms with Crippen LogP contribution in [0.25, 0.3) is 0 Å². The molecule has 1 aliphatic heterocycles. The van der Waals surface area contributed by atoms with E-state index in [2.05, 4.69) is 16.2 Å². The highest BCUT2D eigenvalue weighted by Crippen LogP contribution is 2.42. The molecule has 0 bridgehead atoms. The fourth-order valence-corrected chi connectivity index (χ4v) is 4.20. The number of nitrogens with one attached hydrogen (secondary N) is 3. The van der Waals surface area contributed by atoms with Crippen LogP contribution in [0.15, 0.2) is 46.6 Å². The van der Waals surface area contributed by atoms with E-state index < -0.39 is 0 Å². The summed E-state index contributed by atoms with van der Waals surface area (Å²) in [4.78, 5) is 17.1. The molecule has 2 amide bonds. The summed E-state index contributed by atoms with van der Waals surface area (Å²) in [5, 5.41) is 2.83. The third-order valence-electron chi connectivity index (χ3n) is 5.26. The predicted octanol–water partition coefficient (Wildman–Crippen LogP) is 3.76. The first-order valence-electron chi connectivity index (χ1n) is 8.99. The number of aliphatic imine (C=N–C) groups is 1. The molecule has 2 unspecified atom stereocenters. The minimum Gasteiger partial charge on any atom is -0.307 e. The van der Waals surface area contributed by atoms with Gasteiger partial charge >= 0.3 is 6.03 Å². The Hall–Kier alpha value is -2.30. The van der Waals surface area contributed by atoms with Gasteiger partial charge in [0.1, 0.15) is 0 Å². The third kappa shape index (κ3) is 3.03. The first-order chi connectivity index (χ1) is 11.8. The molecule has 0 saturated heterocycles. The van der Waals surface area contributed by atoms with Crippen LogP contribution in [0.1, 0.15) is 44.9 Å². The van der Waals surface area contributed by atoms with Crippen LogP contribution in [0, 0.1) is 5.92 Å². The van der Waals surface area contributed by atoms with Gasteiger partial charge in [-0.2, -0.15) is 0 Å². The molecule has 1 saturated carbocycles. The van der Waals surface area contributed by atoms with E-state index in [1.165, 1.54) is 37.0 Å². The molecule has 1 aromatic carbocycles. The molecular weight excluding hydrogens is 300 g/mol. The standard InChI is InChI=1S/C19H24N4O/c24-19(20-13-7-2-1-3-8-13)23-22-17-12-6-11-16-18(17)14-9-4-5-10-15(14)21-16/h1-3,7-8,14-15,22H,4-6,9-12H2,(H2,20,23,24). The van der Waals surface area contributed by atoms with Crippen molar-refractivity contribution in [2.45, 2.75) is 51.0 Å². The second kappa shape index (κ2) is 6.67. The largest absolute Gasteiger partial charge is 0.337 e. The number of benzene rings is 1. The van der Waals surface area contributed by atoms with Crippen molar-refractivity contribution < 1.29 is 4.79 Å². The predicted molar refractivity (Wildman–Crippen MR) is 95.8 cm³/mol. The van der Waals surface area contributed by atoms with Crippen molar-refractivity contribution in [1.82, 2.24) is 10.9 Å². The topological polar surface area (TPSA) is 65.5 Å². The maximum absolute atomic E-state index is 12.1. The Morgan fingerprint density at radius 2 is 1.88 bits per heavy atom. The number of rotatable bonds is 3. The zero-order chi connectivity index (χ0) is 16.4. The van der Waals surface area contributed by atoms with Gasteiger partial charge in [-0.05, 0) is 49.8 Å². The zero-order valence-electron chi connectivity index (χ0n) is 13.8. The zero-order valence-corrected chi connectivity index (χ0v) is 13.8. The molecule has 0 radical (unpaired) electrons. The molecule has 5 nitrogen and oxygen atoms in total. The first kappa shape index (κ1) is 15.2. The van der Waals surface area contributed by atoms with Crippen LogP contribution in [0.3, 0.4) is 0 Å². The van der Waals surface area contributed by atoms with Gasteiger partial charge in [0.15, 0.2) is 0 Å². The minimum absolute atomic E-state index is 0.239. The van der Waals surface area contributed by atoms with E-state index in [1.54, 1.807) is 0 Å². The lowest BCUT2D eigenvalue weighted by Gasteiger charge is -2.28. The SMILES string of the molecule is O=C(NNC1=C2C(=NC3CCCCC23)CCC1)Nc1ccccc1. The Labute approximate surface area is 142 Å². The highest BCUT2D eigenvalue weighted by Gasteiger charge is 2.38. The summed E-state index contributed by atoms with van der Waals surface area (Å²) in [5.74, 6) is 0.565. The molecule has 1 fully saturated rings.